The van der Waals surface area contributed by atoms with Crippen molar-refractivity contribution in [2.45, 2.75) is 6.42 Å². The first-order valence-electron chi connectivity index (χ1n) is 8.59. The third kappa shape index (κ3) is 2.74. The molecule has 2 amide bonds. The molecule has 2 aromatic rings. The van der Waals surface area contributed by atoms with E-state index < -0.39 is 17.6 Å². The van der Waals surface area contributed by atoms with Gasteiger partial charge in [0.05, 0.1) is 25.3 Å². The van der Waals surface area contributed by atoms with Crippen LogP contribution in [0.4, 0.5) is 0 Å². The lowest BCUT2D eigenvalue weighted by molar-refractivity contribution is -0.124. The molecule has 0 radical (unpaired) electrons. The molecule has 2 aliphatic heterocycles. The Morgan fingerprint density at radius 1 is 0.964 bits per heavy atom. The van der Waals surface area contributed by atoms with Crippen LogP contribution in [0.3, 0.4) is 0 Å². The zero-order chi connectivity index (χ0) is 19.8. The van der Waals surface area contributed by atoms with Crippen molar-refractivity contribution in [3.8, 4) is 23.0 Å². The van der Waals surface area contributed by atoms with Crippen molar-refractivity contribution >= 4 is 17.6 Å². The topological polar surface area (TPSA) is 91.4 Å². The number of hydrogen-bond acceptors (Lipinski definition) is 7. The first kappa shape index (κ1) is 17.8. The Morgan fingerprint density at radius 2 is 1.75 bits per heavy atom. The Kier molecular flexibility index (Phi) is 4.38. The van der Waals surface area contributed by atoms with Gasteiger partial charge in [-0.1, -0.05) is 6.07 Å². The highest BCUT2D eigenvalue weighted by Gasteiger charge is 2.40. The minimum atomic E-state index is -0.884. The number of fused-ring (bicyclic) bond motifs is 2. The first-order valence-corrected chi connectivity index (χ1v) is 8.59. The molecule has 0 aromatic heterocycles. The van der Waals surface area contributed by atoms with Crippen molar-refractivity contribution in [3.63, 3.8) is 0 Å². The number of rotatable bonds is 5. The van der Waals surface area contributed by atoms with Gasteiger partial charge >= 0.3 is 5.91 Å². The van der Waals surface area contributed by atoms with Crippen LogP contribution < -0.4 is 18.9 Å². The summed E-state index contributed by atoms with van der Waals surface area (Å²) in [5.41, 5.74) is 0.916. The van der Waals surface area contributed by atoms with Crippen LogP contribution in [0.25, 0.3) is 0 Å². The summed E-state index contributed by atoms with van der Waals surface area (Å²) >= 11 is 0. The normalized spacial score (nSPS) is 14.9. The minimum absolute atomic E-state index is 0.0591. The molecular weight excluding hydrogens is 366 g/mol. The second-order valence-electron chi connectivity index (χ2n) is 6.25. The monoisotopic (exact) mass is 383 g/mol. The second kappa shape index (κ2) is 6.88. The Labute approximate surface area is 160 Å². The Bertz CT molecular complexity index is 998. The van der Waals surface area contributed by atoms with E-state index in [0.29, 0.717) is 17.9 Å². The number of carbonyl (C=O) groups is 3. The molecule has 0 fully saturated rings. The molecule has 2 aromatic carbocycles. The molecule has 0 saturated heterocycles. The molecule has 0 bridgehead atoms. The van der Waals surface area contributed by atoms with Crippen LogP contribution in [0.1, 0.15) is 26.3 Å². The number of ketones is 1. The van der Waals surface area contributed by atoms with Gasteiger partial charge in [-0.25, -0.2) is 0 Å². The molecule has 0 unspecified atom stereocenters. The Morgan fingerprint density at radius 3 is 2.50 bits per heavy atom. The van der Waals surface area contributed by atoms with E-state index in [-0.39, 0.29) is 36.0 Å². The van der Waals surface area contributed by atoms with Gasteiger partial charge in [0.1, 0.15) is 0 Å². The van der Waals surface area contributed by atoms with Crippen LogP contribution in [0.15, 0.2) is 30.3 Å². The number of methoxy groups -OCH3 is 2. The van der Waals surface area contributed by atoms with Crippen molar-refractivity contribution in [2.75, 3.05) is 27.6 Å². The molecule has 0 atom stereocenters. The molecule has 2 aliphatic rings. The maximum atomic E-state index is 12.9. The lowest BCUT2D eigenvalue weighted by Crippen LogP contribution is -2.47. The second-order valence-corrected chi connectivity index (χ2v) is 6.25. The van der Waals surface area contributed by atoms with E-state index in [1.807, 2.05) is 6.07 Å². The van der Waals surface area contributed by atoms with Gasteiger partial charge in [0.25, 0.3) is 11.7 Å². The molecule has 0 spiro atoms. The van der Waals surface area contributed by atoms with E-state index >= 15 is 0 Å². The van der Waals surface area contributed by atoms with Gasteiger partial charge in [-0.2, -0.15) is 0 Å². The number of Topliss-reactive ketones (excluding diaryl/α,β-unsaturated/α-hetero) is 1. The van der Waals surface area contributed by atoms with Gasteiger partial charge in [-0.15, -0.1) is 0 Å². The Balaban J connectivity index is 1.61. The number of benzene rings is 2. The molecular formula is C20H17NO7. The molecule has 28 heavy (non-hydrogen) atoms. The maximum absolute atomic E-state index is 12.9. The van der Waals surface area contributed by atoms with Gasteiger partial charge in [-0.3, -0.25) is 19.3 Å². The van der Waals surface area contributed by atoms with Crippen molar-refractivity contribution < 1.29 is 33.3 Å². The van der Waals surface area contributed by atoms with E-state index in [1.165, 1.54) is 26.4 Å². The molecule has 144 valence electrons. The van der Waals surface area contributed by atoms with Crippen LogP contribution in [0.2, 0.25) is 0 Å². The molecule has 0 saturated carbocycles. The number of ether oxygens (including phenoxy) is 4. The smallest absolute Gasteiger partial charge is 0.302 e. The number of imide groups is 1. The molecule has 2 heterocycles. The first-order chi connectivity index (χ1) is 13.5. The van der Waals surface area contributed by atoms with Gasteiger partial charge in [0.2, 0.25) is 6.79 Å². The van der Waals surface area contributed by atoms with Crippen molar-refractivity contribution in [1.82, 2.24) is 4.90 Å². The Hall–Kier alpha value is -3.55. The summed E-state index contributed by atoms with van der Waals surface area (Å²) in [6.07, 6.45) is 0.379. The van der Waals surface area contributed by atoms with E-state index in [2.05, 4.69) is 0 Å². The predicted molar refractivity (Wildman–Crippen MR) is 96.2 cm³/mol. The highest BCUT2D eigenvalue weighted by molar-refractivity contribution is 6.49. The number of carbonyl (C=O) groups excluding carboxylic acids is 3. The van der Waals surface area contributed by atoms with Crippen molar-refractivity contribution in [1.29, 1.82) is 0 Å². The van der Waals surface area contributed by atoms with Gasteiger partial charge in [-0.05, 0) is 36.2 Å². The van der Waals surface area contributed by atoms with Crippen molar-refractivity contribution in [3.05, 3.63) is 47.0 Å². The summed E-state index contributed by atoms with van der Waals surface area (Å²) in [6, 6.07) is 8.40. The average molecular weight is 383 g/mol. The van der Waals surface area contributed by atoms with E-state index in [9.17, 15) is 14.4 Å². The average Bonchev–Trinajstić information content (AvgIpc) is 3.18. The molecule has 8 nitrogen and oxygen atoms in total. The minimum Gasteiger partial charge on any atom is -0.493 e. The van der Waals surface area contributed by atoms with E-state index in [1.54, 1.807) is 12.1 Å². The lowest BCUT2D eigenvalue weighted by Gasteiger charge is -2.27. The highest BCUT2D eigenvalue weighted by atomic mass is 16.7. The summed E-state index contributed by atoms with van der Waals surface area (Å²) in [4.78, 5) is 39.1. The number of nitrogens with zero attached hydrogens (tertiary/aromatic N) is 1. The summed E-state index contributed by atoms with van der Waals surface area (Å²) < 4.78 is 21.0. The van der Waals surface area contributed by atoms with Crippen LogP contribution in [0, 0.1) is 0 Å². The quantitative estimate of drug-likeness (QED) is 0.575. The van der Waals surface area contributed by atoms with Gasteiger partial charge in [0.15, 0.2) is 23.0 Å². The van der Waals surface area contributed by atoms with Crippen LogP contribution in [-0.2, 0) is 11.2 Å². The lowest BCUT2D eigenvalue weighted by atomic mass is 9.95. The fraction of sp³-hybridized carbons (Fsp3) is 0.250. The zero-order valence-corrected chi connectivity index (χ0v) is 15.3. The third-order valence-corrected chi connectivity index (χ3v) is 4.75. The fourth-order valence-electron chi connectivity index (χ4n) is 3.34. The zero-order valence-electron chi connectivity index (χ0n) is 15.3. The SMILES string of the molecule is COc1ccc2c(c1OC)C(=O)C(=O)N(CCc1ccc3c(c1)OCO3)C2=O. The van der Waals surface area contributed by atoms with E-state index in [0.717, 1.165) is 10.5 Å². The third-order valence-electron chi connectivity index (χ3n) is 4.75. The standard InChI is InChI=1S/C20H17NO7/c1-25-14-6-4-12-16(18(14)26-2)17(22)20(24)21(19(12)23)8-7-11-3-5-13-15(9-11)28-10-27-13/h3-6,9H,7-8,10H2,1-2H3. The summed E-state index contributed by atoms with van der Waals surface area (Å²) in [5.74, 6) is -0.584. The molecule has 4 rings (SSSR count). The number of hydrogen-bond donors (Lipinski definition) is 0. The largest absolute Gasteiger partial charge is 0.493 e. The van der Waals surface area contributed by atoms with E-state index in [4.69, 9.17) is 18.9 Å². The summed E-state index contributed by atoms with van der Waals surface area (Å²) in [5, 5.41) is 0. The summed E-state index contributed by atoms with van der Waals surface area (Å²) in [6.45, 7) is 0.231. The predicted octanol–water partition coefficient (Wildman–Crippen LogP) is 1.84. The van der Waals surface area contributed by atoms with Crippen LogP contribution in [0.5, 0.6) is 23.0 Å². The molecule has 8 heteroatoms. The maximum Gasteiger partial charge on any atom is 0.302 e. The molecule has 0 aliphatic carbocycles. The molecule has 0 N–H and O–H groups in total. The van der Waals surface area contributed by atoms with Gasteiger partial charge < -0.3 is 18.9 Å². The van der Waals surface area contributed by atoms with Crippen LogP contribution in [-0.4, -0.2) is 50.1 Å². The van der Waals surface area contributed by atoms with Crippen molar-refractivity contribution in [2.24, 2.45) is 0 Å². The van der Waals surface area contributed by atoms with Crippen LogP contribution >= 0.6 is 0 Å². The number of amides is 2. The fourth-order valence-corrected chi connectivity index (χ4v) is 3.34. The highest BCUT2D eigenvalue weighted by Crippen LogP contribution is 2.37. The van der Waals surface area contributed by atoms with Gasteiger partial charge in [0, 0.05) is 6.54 Å². The summed E-state index contributed by atoms with van der Waals surface area (Å²) in [7, 11) is 2.77.